The molecule has 0 aromatic heterocycles. The van der Waals surface area contributed by atoms with Crippen molar-refractivity contribution in [3.63, 3.8) is 0 Å². The van der Waals surface area contributed by atoms with Crippen LogP contribution in [0.4, 0.5) is 5.69 Å². The quantitative estimate of drug-likeness (QED) is 0.670. The number of hydrogen-bond donors (Lipinski definition) is 2. The van der Waals surface area contributed by atoms with E-state index < -0.39 is 6.10 Å². The van der Waals surface area contributed by atoms with Crippen molar-refractivity contribution in [2.75, 3.05) is 5.73 Å². The van der Waals surface area contributed by atoms with E-state index in [2.05, 4.69) is 6.92 Å². The maximum absolute atomic E-state index is 9.53. The van der Waals surface area contributed by atoms with Gasteiger partial charge >= 0.3 is 0 Å². The predicted octanol–water partition coefficient (Wildman–Crippen LogP) is 1.92. The van der Waals surface area contributed by atoms with Crippen LogP contribution in [-0.2, 0) is 0 Å². The van der Waals surface area contributed by atoms with Gasteiger partial charge in [-0.25, -0.2) is 0 Å². The van der Waals surface area contributed by atoms with Crippen LogP contribution in [0.2, 0.25) is 0 Å². The number of rotatable bonds is 3. The molecule has 12 heavy (non-hydrogen) atoms. The van der Waals surface area contributed by atoms with Crippen LogP contribution in [0, 0.1) is 6.92 Å². The molecule has 1 rings (SSSR count). The molecule has 0 spiro atoms. The number of anilines is 1. The lowest BCUT2D eigenvalue weighted by molar-refractivity contribution is 0.168. The van der Waals surface area contributed by atoms with Crippen LogP contribution in [0.5, 0.6) is 0 Å². The molecule has 0 aliphatic heterocycles. The number of benzene rings is 1. The van der Waals surface area contributed by atoms with Crippen LogP contribution in [0.1, 0.15) is 24.5 Å². The van der Waals surface area contributed by atoms with Crippen molar-refractivity contribution in [3.05, 3.63) is 36.8 Å². The SMILES string of the molecule is [CH2]CCC(O)c1ccc(N)cc1. The van der Waals surface area contributed by atoms with Crippen LogP contribution in [0.15, 0.2) is 24.3 Å². The highest BCUT2D eigenvalue weighted by atomic mass is 16.3. The minimum absolute atomic E-state index is 0.400. The molecule has 2 heteroatoms. The third kappa shape index (κ3) is 2.24. The average Bonchev–Trinajstić information content (AvgIpc) is 2.06. The molecule has 2 nitrogen and oxygen atoms in total. The van der Waals surface area contributed by atoms with E-state index in [0.717, 1.165) is 17.7 Å². The van der Waals surface area contributed by atoms with Gasteiger partial charge in [0.1, 0.15) is 0 Å². The number of aliphatic hydroxyl groups is 1. The second kappa shape index (κ2) is 4.12. The fourth-order valence-corrected chi connectivity index (χ4v) is 1.08. The van der Waals surface area contributed by atoms with Crippen molar-refractivity contribution in [2.45, 2.75) is 18.9 Å². The zero-order valence-corrected chi connectivity index (χ0v) is 7.03. The summed E-state index contributed by atoms with van der Waals surface area (Å²) in [6, 6.07) is 7.27. The summed E-state index contributed by atoms with van der Waals surface area (Å²) in [6.07, 6.45) is 1.04. The summed E-state index contributed by atoms with van der Waals surface area (Å²) in [7, 11) is 0. The fraction of sp³-hybridized carbons (Fsp3) is 0.300. The van der Waals surface area contributed by atoms with Gasteiger partial charge < -0.3 is 10.8 Å². The summed E-state index contributed by atoms with van der Waals surface area (Å²) < 4.78 is 0. The molecule has 1 aromatic carbocycles. The van der Waals surface area contributed by atoms with E-state index in [1.54, 1.807) is 12.1 Å². The molecular weight excluding hydrogens is 150 g/mol. The topological polar surface area (TPSA) is 46.2 Å². The Bertz CT molecular complexity index is 230. The third-order valence-electron chi connectivity index (χ3n) is 1.80. The Hall–Kier alpha value is -1.02. The molecule has 0 saturated carbocycles. The molecule has 0 fully saturated rings. The summed E-state index contributed by atoms with van der Waals surface area (Å²) in [5.41, 5.74) is 7.14. The van der Waals surface area contributed by atoms with Crippen LogP contribution < -0.4 is 5.73 Å². The first-order chi connectivity index (χ1) is 5.74. The van der Waals surface area contributed by atoms with E-state index in [9.17, 15) is 5.11 Å². The van der Waals surface area contributed by atoms with Crippen molar-refractivity contribution in [1.29, 1.82) is 0 Å². The van der Waals surface area contributed by atoms with E-state index in [4.69, 9.17) is 5.73 Å². The Kier molecular flexibility index (Phi) is 3.11. The molecule has 1 atom stereocenters. The Labute approximate surface area is 73.0 Å². The van der Waals surface area contributed by atoms with Crippen LogP contribution in [0.25, 0.3) is 0 Å². The normalized spacial score (nSPS) is 12.8. The maximum Gasteiger partial charge on any atom is 0.0790 e. The van der Waals surface area contributed by atoms with Gasteiger partial charge in [-0.1, -0.05) is 25.5 Å². The van der Waals surface area contributed by atoms with Gasteiger partial charge in [-0.3, -0.25) is 0 Å². The highest BCUT2D eigenvalue weighted by Crippen LogP contribution is 2.18. The average molecular weight is 164 g/mol. The lowest BCUT2D eigenvalue weighted by Crippen LogP contribution is -1.96. The third-order valence-corrected chi connectivity index (χ3v) is 1.80. The van der Waals surface area contributed by atoms with Gasteiger partial charge in [-0.05, 0) is 24.1 Å². The molecule has 3 N–H and O–H groups in total. The zero-order chi connectivity index (χ0) is 8.97. The molecule has 65 valence electrons. The Balaban J connectivity index is 2.68. The van der Waals surface area contributed by atoms with Gasteiger partial charge in [0.25, 0.3) is 0 Å². The number of nitrogens with two attached hydrogens (primary N) is 1. The Morgan fingerprint density at radius 1 is 1.33 bits per heavy atom. The standard InChI is InChI=1S/C10H14NO/c1-2-3-10(12)8-4-6-9(11)7-5-8/h4-7,10,12H,1-3,11H2. The molecule has 0 saturated heterocycles. The lowest BCUT2D eigenvalue weighted by atomic mass is 10.1. The van der Waals surface area contributed by atoms with Crippen molar-refractivity contribution in [1.82, 2.24) is 0 Å². The lowest BCUT2D eigenvalue weighted by Gasteiger charge is -2.08. The Morgan fingerprint density at radius 2 is 1.92 bits per heavy atom. The van der Waals surface area contributed by atoms with Gasteiger partial charge in [0, 0.05) is 5.69 Å². The van der Waals surface area contributed by atoms with E-state index in [-0.39, 0.29) is 0 Å². The van der Waals surface area contributed by atoms with Crippen molar-refractivity contribution in [2.24, 2.45) is 0 Å². The van der Waals surface area contributed by atoms with E-state index in [1.165, 1.54) is 0 Å². The molecule has 0 amide bonds. The summed E-state index contributed by atoms with van der Waals surface area (Å²) in [6.45, 7) is 3.68. The second-order valence-electron chi connectivity index (χ2n) is 2.82. The summed E-state index contributed by atoms with van der Waals surface area (Å²) in [5.74, 6) is 0. The highest BCUT2D eigenvalue weighted by molar-refractivity contribution is 5.39. The number of nitrogen functional groups attached to an aromatic ring is 1. The molecule has 1 aromatic rings. The smallest absolute Gasteiger partial charge is 0.0790 e. The summed E-state index contributed by atoms with van der Waals surface area (Å²) >= 11 is 0. The monoisotopic (exact) mass is 164 g/mol. The molecule has 0 aliphatic carbocycles. The van der Waals surface area contributed by atoms with Gasteiger partial charge in [0.15, 0.2) is 0 Å². The van der Waals surface area contributed by atoms with Gasteiger partial charge in [0.2, 0.25) is 0 Å². The number of hydrogen-bond acceptors (Lipinski definition) is 2. The van der Waals surface area contributed by atoms with Crippen molar-refractivity contribution < 1.29 is 5.11 Å². The summed E-state index contributed by atoms with van der Waals surface area (Å²) in [4.78, 5) is 0. The van der Waals surface area contributed by atoms with Crippen molar-refractivity contribution >= 4 is 5.69 Å². The second-order valence-corrected chi connectivity index (χ2v) is 2.82. The van der Waals surface area contributed by atoms with Gasteiger partial charge in [-0.15, -0.1) is 0 Å². The van der Waals surface area contributed by atoms with Crippen LogP contribution in [-0.4, -0.2) is 5.11 Å². The molecular formula is C10H14NO. The van der Waals surface area contributed by atoms with Crippen LogP contribution >= 0.6 is 0 Å². The minimum atomic E-state index is -0.400. The predicted molar refractivity (Wildman–Crippen MR) is 50.4 cm³/mol. The molecule has 0 aliphatic rings. The van der Waals surface area contributed by atoms with Gasteiger partial charge in [-0.2, -0.15) is 0 Å². The van der Waals surface area contributed by atoms with E-state index in [0.29, 0.717) is 6.42 Å². The van der Waals surface area contributed by atoms with Crippen molar-refractivity contribution in [3.8, 4) is 0 Å². The van der Waals surface area contributed by atoms with Gasteiger partial charge in [0.05, 0.1) is 6.10 Å². The minimum Gasteiger partial charge on any atom is -0.399 e. The fourth-order valence-electron chi connectivity index (χ4n) is 1.08. The first-order valence-electron chi connectivity index (χ1n) is 4.07. The molecule has 1 radical (unpaired) electrons. The molecule has 0 heterocycles. The number of aliphatic hydroxyl groups excluding tert-OH is 1. The van der Waals surface area contributed by atoms with E-state index >= 15 is 0 Å². The largest absolute Gasteiger partial charge is 0.399 e. The first kappa shape index (κ1) is 9.07. The maximum atomic E-state index is 9.53. The zero-order valence-electron chi connectivity index (χ0n) is 7.03. The molecule has 1 unspecified atom stereocenters. The van der Waals surface area contributed by atoms with E-state index in [1.807, 2.05) is 12.1 Å². The summed E-state index contributed by atoms with van der Waals surface area (Å²) in [5, 5.41) is 9.53. The molecule has 0 bridgehead atoms. The highest BCUT2D eigenvalue weighted by Gasteiger charge is 2.04. The first-order valence-corrected chi connectivity index (χ1v) is 4.07. The van der Waals surface area contributed by atoms with Crippen LogP contribution in [0.3, 0.4) is 0 Å². The Morgan fingerprint density at radius 3 is 2.42 bits per heavy atom.